The summed E-state index contributed by atoms with van der Waals surface area (Å²) in [7, 11) is -6.31. The topological polar surface area (TPSA) is 102 Å². The third-order valence-corrected chi connectivity index (χ3v) is 8.02. The molecule has 0 heterocycles. The van der Waals surface area contributed by atoms with Gasteiger partial charge in [0, 0.05) is 15.7 Å². The minimum Gasteiger partial charge on any atom is -0.496 e. The number of halogens is 3. The maximum absolute atomic E-state index is 12.6. The Hall–Kier alpha value is -1.73. The number of nitrogens with one attached hydrogen (secondary N) is 2. The summed E-state index contributed by atoms with van der Waals surface area (Å²) in [5, 5.41) is 0.561. The lowest BCUT2D eigenvalue weighted by molar-refractivity contribution is 0.411. The number of benzene rings is 3. The van der Waals surface area contributed by atoms with Crippen molar-refractivity contribution in [2.75, 3.05) is 16.6 Å². The largest absolute Gasteiger partial charge is 0.496 e. The fourth-order valence-corrected chi connectivity index (χ4v) is 6.15. The van der Waals surface area contributed by atoms with E-state index < -0.39 is 20.0 Å². The van der Waals surface area contributed by atoms with Gasteiger partial charge in [-0.1, -0.05) is 23.2 Å². The highest BCUT2D eigenvalue weighted by Gasteiger charge is 2.18. The van der Waals surface area contributed by atoms with E-state index in [1.165, 1.54) is 61.7 Å². The van der Waals surface area contributed by atoms with Crippen LogP contribution in [0.5, 0.6) is 5.75 Å². The van der Waals surface area contributed by atoms with E-state index >= 15 is 0 Å². The quantitative estimate of drug-likeness (QED) is 0.357. The lowest BCUT2D eigenvalue weighted by Crippen LogP contribution is -2.15. The van der Waals surface area contributed by atoms with Gasteiger partial charge in [-0.25, -0.2) is 16.8 Å². The second kappa shape index (κ2) is 9.41. The van der Waals surface area contributed by atoms with E-state index in [0.717, 1.165) is 0 Å². The van der Waals surface area contributed by atoms with Crippen LogP contribution < -0.4 is 14.2 Å². The fraction of sp³-hybridized carbons (Fsp3) is 0.0526. The number of rotatable bonds is 7. The van der Waals surface area contributed by atoms with Crippen LogP contribution in [0.1, 0.15) is 0 Å². The molecule has 0 amide bonds. The molecule has 0 aromatic heterocycles. The van der Waals surface area contributed by atoms with Gasteiger partial charge in [-0.15, -0.1) is 0 Å². The van der Waals surface area contributed by atoms with Gasteiger partial charge in [0.25, 0.3) is 20.0 Å². The van der Waals surface area contributed by atoms with Crippen LogP contribution >= 0.6 is 45.8 Å². The van der Waals surface area contributed by atoms with Gasteiger partial charge in [0.15, 0.2) is 0 Å². The van der Waals surface area contributed by atoms with E-state index in [1.54, 1.807) is 6.07 Å². The summed E-state index contributed by atoms with van der Waals surface area (Å²) in [5.41, 5.74) is 0.409. The van der Waals surface area contributed by atoms with E-state index in [-0.39, 0.29) is 31.2 Å². The van der Waals surface area contributed by atoms with Crippen LogP contribution in [0.4, 0.5) is 11.4 Å². The second-order valence-electron chi connectivity index (χ2n) is 6.19. The fourth-order valence-electron chi connectivity index (χ4n) is 2.56. The third-order valence-electron chi connectivity index (χ3n) is 3.97. The summed E-state index contributed by atoms with van der Waals surface area (Å²) in [6.45, 7) is 0. The summed E-state index contributed by atoms with van der Waals surface area (Å²) in [4.78, 5) is -0.0144. The number of sulfonamides is 2. The lowest BCUT2D eigenvalue weighted by atomic mass is 10.3. The molecule has 0 aliphatic heterocycles. The number of hydrogen-bond donors (Lipinski definition) is 2. The standard InChI is InChI=1S/C19H15Cl2IN2O5S2/c1-29-19-7-6-17(11-18(19)22)31(27,28)23-14-2-4-16(5-3-14)30(25,26)24-15-9-12(20)8-13(21)10-15/h2-11,23-24H,1H3. The predicted molar refractivity (Wildman–Crippen MR) is 130 cm³/mol. The molecule has 3 aromatic carbocycles. The molecular formula is C19H15Cl2IN2O5S2. The summed E-state index contributed by atoms with van der Waals surface area (Å²) in [6, 6.07) is 14.0. The monoisotopic (exact) mass is 612 g/mol. The lowest BCUT2D eigenvalue weighted by Gasteiger charge is -2.12. The van der Waals surface area contributed by atoms with Gasteiger partial charge < -0.3 is 4.74 Å². The first-order valence-electron chi connectivity index (χ1n) is 8.45. The summed E-state index contributed by atoms with van der Waals surface area (Å²) >= 11 is 13.8. The Labute approximate surface area is 204 Å². The molecule has 164 valence electrons. The SMILES string of the molecule is COc1ccc(S(=O)(=O)Nc2ccc(S(=O)(=O)Nc3cc(Cl)cc(Cl)c3)cc2)cc1I. The molecule has 0 fully saturated rings. The molecule has 0 atom stereocenters. The van der Waals surface area contributed by atoms with Crippen LogP contribution in [-0.2, 0) is 20.0 Å². The number of methoxy groups -OCH3 is 1. The van der Waals surface area contributed by atoms with Crippen LogP contribution in [0.2, 0.25) is 10.0 Å². The van der Waals surface area contributed by atoms with E-state index in [0.29, 0.717) is 9.32 Å². The van der Waals surface area contributed by atoms with Crippen molar-refractivity contribution in [2.24, 2.45) is 0 Å². The van der Waals surface area contributed by atoms with Gasteiger partial charge in [-0.3, -0.25) is 9.44 Å². The molecule has 0 spiro atoms. The van der Waals surface area contributed by atoms with E-state index in [4.69, 9.17) is 27.9 Å². The van der Waals surface area contributed by atoms with Gasteiger partial charge in [-0.2, -0.15) is 0 Å². The molecule has 7 nitrogen and oxygen atoms in total. The molecule has 0 saturated heterocycles. The van der Waals surface area contributed by atoms with Crippen molar-refractivity contribution in [1.82, 2.24) is 0 Å². The summed E-state index contributed by atoms with van der Waals surface area (Å²) < 4.78 is 61.0. The number of anilines is 2. The van der Waals surface area contributed by atoms with Gasteiger partial charge in [-0.05, 0) is 83.3 Å². The minimum atomic E-state index is -3.93. The van der Waals surface area contributed by atoms with Crippen molar-refractivity contribution in [3.63, 3.8) is 0 Å². The summed E-state index contributed by atoms with van der Waals surface area (Å²) in [6.07, 6.45) is 0. The van der Waals surface area contributed by atoms with Crippen LogP contribution in [0, 0.1) is 3.57 Å². The highest BCUT2D eigenvalue weighted by Crippen LogP contribution is 2.27. The van der Waals surface area contributed by atoms with Crippen molar-refractivity contribution in [3.8, 4) is 5.75 Å². The number of ether oxygens (including phenoxy) is 1. The smallest absolute Gasteiger partial charge is 0.261 e. The van der Waals surface area contributed by atoms with Crippen molar-refractivity contribution in [1.29, 1.82) is 0 Å². The van der Waals surface area contributed by atoms with E-state index in [2.05, 4.69) is 9.44 Å². The van der Waals surface area contributed by atoms with Crippen molar-refractivity contribution in [3.05, 3.63) is 74.3 Å². The Morgan fingerprint density at radius 3 is 1.81 bits per heavy atom. The Morgan fingerprint density at radius 1 is 0.742 bits per heavy atom. The zero-order valence-corrected chi connectivity index (χ0v) is 21.1. The predicted octanol–water partition coefficient (Wildman–Crippen LogP) is 5.21. The normalized spacial score (nSPS) is 11.7. The first kappa shape index (κ1) is 23.9. The van der Waals surface area contributed by atoms with Gasteiger partial charge >= 0.3 is 0 Å². The third kappa shape index (κ3) is 5.95. The number of hydrogen-bond acceptors (Lipinski definition) is 5. The molecule has 0 unspecified atom stereocenters. The van der Waals surface area contributed by atoms with Crippen molar-refractivity contribution >= 4 is 77.2 Å². The van der Waals surface area contributed by atoms with Gasteiger partial charge in [0.1, 0.15) is 5.75 Å². The highest BCUT2D eigenvalue weighted by molar-refractivity contribution is 14.1. The zero-order chi connectivity index (χ0) is 22.8. The highest BCUT2D eigenvalue weighted by atomic mass is 127. The zero-order valence-electron chi connectivity index (χ0n) is 15.8. The Morgan fingerprint density at radius 2 is 1.26 bits per heavy atom. The van der Waals surface area contributed by atoms with Crippen molar-refractivity contribution < 1.29 is 21.6 Å². The second-order valence-corrected chi connectivity index (χ2v) is 11.6. The minimum absolute atomic E-state index is 0.0499. The van der Waals surface area contributed by atoms with Crippen LogP contribution in [0.25, 0.3) is 0 Å². The molecule has 0 saturated carbocycles. The van der Waals surface area contributed by atoms with Crippen LogP contribution in [-0.4, -0.2) is 23.9 Å². The average Bonchev–Trinajstić information content (AvgIpc) is 2.67. The van der Waals surface area contributed by atoms with E-state index in [9.17, 15) is 16.8 Å². The van der Waals surface area contributed by atoms with Crippen LogP contribution in [0.15, 0.2) is 70.5 Å². The average molecular weight is 613 g/mol. The Balaban J connectivity index is 1.80. The van der Waals surface area contributed by atoms with E-state index in [1.807, 2.05) is 22.6 Å². The molecule has 0 radical (unpaired) electrons. The maximum atomic E-state index is 12.6. The van der Waals surface area contributed by atoms with Gasteiger partial charge in [0.05, 0.1) is 26.2 Å². The molecule has 12 heteroatoms. The van der Waals surface area contributed by atoms with Crippen LogP contribution in [0.3, 0.4) is 0 Å². The Bertz CT molecular complexity index is 1310. The summed E-state index contributed by atoms with van der Waals surface area (Å²) in [5.74, 6) is 0.558. The molecule has 0 aliphatic carbocycles. The first-order valence-corrected chi connectivity index (χ1v) is 13.3. The molecule has 3 aromatic rings. The first-order chi connectivity index (χ1) is 14.5. The molecule has 31 heavy (non-hydrogen) atoms. The Kier molecular flexibility index (Phi) is 7.26. The van der Waals surface area contributed by atoms with Crippen molar-refractivity contribution in [2.45, 2.75) is 9.79 Å². The maximum Gasteiger partial charge on any atom is 0.261 e. The molecular weight excluding hydrogens is 598 g/mol. The molecule has 0 bridgehead atoms. The van der Waals surface area contributed by atoms with Gasteiger partial charge in [0.2, 0.25) is 0 Å². The molecule has 2 N–H and O–H groups in total. The molecule has 3 rings (SSSR count). The molecule has 0 aliphatic rings.